The first-order valence-corrected chi connectivity index (χ1v) is 7.24. The first-order valence-electron chi connectivity index (χ1n) is 5.09. The molecule has 0 bridgehead atoms. The van der Waals surface area contributed by atoms with Crippen molar-refractivity contribution in [3.63, 3.8) is 0 Å². The minimum absolute atomic E-state index is 0.190. The first kappa shape index (κ1) is 13.7. The number of nitrogens with one attached hydrogen (secondary N) is 1. The average molecular weight is 467 g/mol. The van der Waals surface area contributed by atoms with Crippen LogP contribution in [0.3, 0.4) is 0 Å². The Bertz CT molecular complexity index is 601. The Morgan fingerprint density at radius 2 is 1.78 bits per heavy atom. The van der Waals surface area contributed by atoms with E-state index in [-0.39, 0.29) is 11.7 Å². The Morgan fingerprint density at radius 3 is 2.44 bits per heavy atom. The third kappa shape index (κ3) is 3.19. The van der Waals surface area contributed by atoms with Crippen LogP contribution in [0.1, 0.15) is 10.4 Å². The van der Waals surface area contributed by atoms with E-state index in [1.807, 2.05) is 40.8 Å². The molecule has 92 valence electrons. The van der Waals surface area contributed by atoms with E-state index in [9.17, 15) is 9.18 Å². The highest BCUT2D eigenvalue weighted by atomic mass is 127. The second-order valence-electron chi connectivity index (χ2n) is 3.56. The van der Waals surface area contributed by atoms with Crippen LogP contribution in [0.2, 0.25) is 0 Å². The lowest BCUT2D eigenvalue weighted by molar-refractivity contribution is 0.102. The summed E-state index contributed by atoms with van der Waals surface area (Å²) in [7, 11) is 0. The van der Waals surface area contributed by atoms with Crippen LogP contribution in [0.15, 0.2) is 42.5 Å². The summed E-state index contributed by atoms with van der Waals surface area (Å²) in [5, 5.41) is 2.78. The van der Waals surface area contributed by atoms with Crippen LogP contribution in [-0.2, 0) is 0 Å². The fraction of sp³-hybridized carbons (Fsp3) is 0. The number of anilines is 1. The van der Waals surface area contributed by atoms with Crippen molar-refractivity contribution < 1.29 is 9.18 Å². The fourth-order valence-electron chi connectivity index (χ4n) is 1.43. The standard InChI is InChI=1S/C13H8FI2NO/c14-8-5-6-12(11(16)7-8)17-13(18)9-3-1-2-4-10(9)15/h1-7H,(H,17,18). The molecule has 0 aliphatic rings. The third-order valence-electron chi connectivity index (χ3n) is 2.30. The van der Waals surface area contributed by atoms with Gasteiger partial charge in [-0.05, 0) is 75.5 Å². The molecule has 0 saturated heterocycles. The van der Waals surface area contributed by atoms with Gasteiger partial charge in [0.05, 0.1) is 11.3 Å². The highest BCUT2D eigenvalue weighted by Crippen LogP contribution is 2.20. The lowest BCUT2D eigenvalue weighted by atomic mass is 10.2. The van der Waals surface area contributed by atoms with Crippen LogP contribution in [-0.4, -0.2) is 5.91 Å². The SMILES string of the molecule is O=C(Nc1ccc(F)cc1I)c1ccccc1I. The number of halogens is 3. The maximum atomic E-state index is 13.0. The van der Waals surface area contributed by atoms with Crippen molar-refractivity contribution >= 4 is 56.8 Å². The molecule has 0 atom stereocenters. The number of rotatable bonds is 2. The molecule has 2 aromatic carbocycles. The van der Waals surface area contributed by atoms with Crippen LogP contribution in [0.5, 0.6) is 0 Å². The molecule has 0 saturated carbocycles. The van der Waals surface area contributed by atoms with Crippen molar-refractivity contribution in [2.75, 3.05) is 5.32 Å². The maximum Gasteiger partial charge on any atom is 0.256 e. The molecular weight excluding hydrogens is 459 g/mol. The van der Waals surface area contributed by atoms with Gasteiger partial charge >= 0.3 is 0 Å². The first-order chi connectivity index (χ1) is 8.58. The second kappa shape index (κ2) is 5.96. The smallest absolute Gasteiger partial charge is 0.256 e. The summed E-state index contributed by atoms with van der Waals surface area (Å²) in [6, 6.07) is 11.6. The van der Waals surface area contributed by atoms with E-state index in [2.05, 4.69) is 27.9 Å². The molecule has 18 heavy (non-hydrogen) atoms. The molecule has 0 unspecified atom stereocenters. The number of benzene rings is 2. The van der Waals surface area contributed by atoms with Crippen molar-refractivity contribution in [3.05, 3.63) is 61.0 Å². The summed E-state index contributed by atoms with van der Waals surface area (Å²) in [4.78, 5) is 12.1. The van der Waals surface area contributed by atoms with E-state index in [1.54, 1.807) is 12.1 Å². The Kier molecular flexibility index (Phi) is 4.55. The van der Waals surface area contributed by atoms with Crippen LogP contribution in [0.4, 0.5) is 10.1 Å². The Labute approximate surface area is 131 Å². The molecule has 2 rings (SSSR count). The van der Waals surface area contributed by atoms with Gasteiger partial charge in [-0.1, -0.05) is 12.1 Å². The number of amides is 1. The Morgan fingerprint density at radius 1 is 1.06 bits per heavy atom. The molecule has 0 heterocycles. The molecular formula is C13H8FI2NO. The molecule has 0 aliphatic heterocycles. The Hall–Kier alpha value is -0.700. The fourth-order valence-corrected chi connectivity index (χ4v) is 2.67. The average Bonchev–Trinajstić information content (AvgIpc) is 2.33. The molecule has 0 spiro atoms. The van der Waals surface area contributed by atoms with Gasteiger partial charge in [-0.3, -0.25) is 4.79 Å². The summed E-state index contributed by atoms with van der Waals surface area (Å²) in [5.41, 5.74) is 1.22. The number of carbonyl (C=O) groups is 1. The number of hydrogen-bond acceptors (Lipinski definition) is 1. The van der Waals surface area contributed by atoms with Gasteiger partial charge < -0.3 is 5.32 Å². The summed E-state index contributed by atoms with van der Waals surface area (Å²) in [6.07, 6.45) is 0. The van der Waals surface area contributed by atoms with Crippen molar-refractivity contribution in [3.8, 4) is 0 Å². The van der Waals surface area contributed by atoms with E-state index >= 15 is 0 Å². The molecule has 0 aromatic heterocycles. The Balaban J connectivity index is 2.24. The van der Waals surface area contributed by atoms with Crippen LogP contribution in [0, 0.1) is 13.0 Å². The van der Waals surface area contributed by atoms with E-state index in [4.69, 9.17) is 0 Å². The number of carbonyl (C=O) groups excluding carboxylic acids is 1. The molecule has 5 heteroatoms. The third-order valence-corrected chi connectivity index (χ3v) is 4.13. The van der Waals surface area contributed by atoms with Gasteiger partial charge in [0.2, 0.25) is 0 Å². The van der Waals surface area contributed by atoms with Gasteiger partial charge in [0.25, 0.3) is 5.91 Å². The molecule has 1 amide bonds. The minimum atomic E-state index is -0.313. The van der Waals surface area contributed by atoms with E-state index in [0.717, 1.165) is 3.57 Å². The molecule has 0 fully saturated rings. The van der Waals surface area contributed by atoms with E-state index in [0.29, 0.717) is 14.8 Å². The van der Waals surface area contributed by atoms with Gasteiger partial charge in [-0.25, -0.2) is 4.39 Å². The van der Waals surface area contributed by atoms with Crippen LogP contribution < -0.4 is 5.32 Å². The normalized spacial score (nSPS) is 10.2. The van der Waals surface area contributed by atoms with E-state index in [1.165, 1.54) is 12.1 Å². The van der Waals surface area contributed by atoms with Gasteiger partial charge in [-0.15, -0.1) is 0 Å². The molecule has 0 aliphatic carbocycles. The number of hydrogen-bond donors (Lipinski definition) is 1. The highest BCUT2D eigenvalue weighted by Gasteiger charge is 2.11. The summed E-state index contributed by atoms with van der Waals surface area (Å²) in [5.74, 6) is -0.504. The molecule has 2 aromatic rings. The largest absolute Gasteiger partial charge is 0.321 e. The zero-order valence-corrected chi connectivity index (χ0v) is 13.4. The van der Waals surface area contributed by atoms with Crippen molar-refractivity contribution in [1.82, 2.24) is 0 Å². The van der Waals surface area contributed by atoms with Crippen molar-refractivity contribution in [1.29, 1.82) is 0 Å². The van der Waals surface area contributed by atoms with Gasteiger partial charge in [0.1, 0.15) is 5.82 Å². The van der Waals surface area contributed by atoms with Crippen LogP contribution >= 0.6 is 45.2 Å². The van der Waals surface area contributed by atoms with E-state index < -0.39 is 0 Å². The quantitative estimate of drug-likeness (QED) is 0.657. The second-order valence-corrected chi connectivity index (χ2v) is 5.88. The monoisotopic (exact) mass is 467 g/mol. The van der Waals surface area contributed by atoms with Gasteiger partial charge in [0.15, 0.2) is 0 Å². The van der Waals surface area contributed by atoms with Crippen molar-refractivity contribution in [2.45, 2.75) is 0 Å². The van der Waals surface area contributed by atoms with Crippen molar-refractivity contribution in [2.24, 2.45) is 0 Å². The molecule has 2 nitrogen and oxygen atoms in total. The molecule has 1 N–H and O–H groups in total. The topological polar surface area (TPSA) is 29.1 Å². The maximum absolute atomic E-state index is 13.0. The zero-order chi connectivity index (χ0) is 13.1. The summed E-state index contributed by atoms with van der Waals surface area (Å²) < 4.78 is 14.5. The zero-order valence-electron chi connectivity index (χ0n) is 9.08. The minimum Gasteiger partial charge on any atom is -0.321 e. The lowest BCUT2D eigenvalue weighted by Crippen LogP contribution is -2.14. The van der Waals surface area contributed by atoms with Gasteiger partial charge in [-0.2, -0.15) is 0 Å². The summed E-state index contributed by atoms with van der Waals surface area (Å²) >= 11 is 4.10. The molecule has 0 radical (unpaired) electrons. The highest BCUT2D eigenvalue weighted by molar-refractivity contribution is 14.1. The predicted octanol–water partition coefficient (Wildman–Crippen LogP) is 4.29. The predicted molar refractivity (Wildman–Crippen MR) is 86.2 cm³/mol. The lowest BCUT2D eigenvalue weighted by Gasteiger charge is -2.08. The summed E-state index contributed by atoms with van der Waals surface area (Å²) in [6.45, 7) is 0. The van der Waals surface area contributed by atoms with Crippen LogP contribution in [0.25, 0.3) is 0 Å². The van der Waals surface area contributed by atoms with Gasteiger partial charge in [0, 0.05) is 7.14 Å².